The number of hydrogen-bond donors (Lipinski definition) is 0. The summed E-state index contributed by atoms with van der Waals surface area (Å²) in [6.07, 6.45) is 10.2. The molecule has 0 aromatic heterocycles. The van der Waals surface area contributed by atoms with E-state index >= 15 is 0 Å². The van der Waals surface area contributed by atoms with E-state index in [1.807, 2.05) is 48.6 Å². The molecule has 6 heteroatoms. The van der Waals surface area contributed by atoms with Crippen molar-refractivity contribution in [2.45, 2.75) is 58.4 Å². The molecule has 0 bridgehead atoms. The second-order valence-electron chi connectivity index (χ2n) is 12.0. The summed E-state index contributed by atoms with van der Waals surface area (Å²) in [6.45, 7) is 3.92. The Hall–Kier alpha value is -2.21. The molecule has 0 saturated carbocycles. The molecule has 2 aliphatic carbocycles. The Morgan fingerprint density at radius 1 is 0.765 bits per heavy atom. The fourth-order valence-electron chi connectivity index (χ4n) is 6.51. The van der Waals surface area contributed by atoms with E-state index in [-0.39, 0.29) is 33.2 Å². The predicted octanol–water partition coefficient (Wildman–Crippen LogP) is 6.44. The van der Waals surface area contributed by atoms with Crippen LogP contribution in [-0.4, -0.2) is 19.6 Å². The van der Waals surface area contributed by atoms with E-state index in [0.29, 0.717) is 12.8 Å². The van der Waals surface area contributed by atoms with Gasteiger partial charge in [0.25, 0.3) is 0 Å². The van der Waals surface area contributed by atoms with Gasteiger partial charge in [-0.15, -0.1) is 0 Å². The Labute approximate surface area is 200 Å². The quantitative estimate of drug-likeness (QED) is 0.382. The Balaban J connectivity index is 2.13. The van der Waals surface area contributed by atoms with Crippen LogP contribution in [0, 0.1) is 0 Å². The van der Waals surface area contributed by atoms with E-state index in [1.54, 1.807) is 7.63 Å². The summed E-state index contributed by atoms with van der Waals surface area (Å²) in [5.74, 6) is -0.615. The molecule has 4 nitrogen and oxygen atoms in total. The normalized spacial score (nSPS) is 21.5. The molecule has 0 saturated heterocycles. The van der Waals surface area contributed by atoms with Gasteiger partial charge in [0.05, 0.1) is 0 Å². The van der Waals surface area contributed by atoms with Crippen LogP contribution in [-0.2, 0) is 28.5 Å². The van der Waals surface area contributed by atoms with Crippen molar-refractivity contribution in [1.82, 2.24) is 0 Å². The number of carbonyl (C=O) groups excluding carboxylic acids is 2. The zero-order valence-electron chi connectivity index (χ0n) is 20.8. The zero-order valence-corrected chi connectivity index (χ0v) is 23.7. The van der Waals surface area contributed by atoms with Crippen LogP contribution < -0.4 is 0 Å². The van der Waals surface area contributed by atoms with Crippen LogP contribution in [0.4, 0.5) is 0 Å². The number of hydrogen-bond acceptors (Lipinski definition) is 4. The van der Waals surface area contributed by atoms with E-state index in [0.717, 1.165) is 22.3 Å². The molecule has 34 heavy (non-hydrogen) atoms. The van der Waals surface area contributed by atoms with Gasteiger partial charge in [0.15, 0.2) is 0 Å². The van der Waals surface area contributed by atoms with Gasteiger partial charge in [-0.2, -0.15) is 0 Å². The second kappa shape index (κ2) is 7.39. The van der Waals surface area contributed by atoms with Crippen LogP contribution in [0.15, 0.2) is 60.7 Å². The third kappa shape index (κ3) is 3.52. The van der Waals surface area contributed by atoms with Gasteiger partial charge in [0.1, 0.15) is 0 Å². The summed E-state index contributed by atoms with van der Waals surface area (Å²) in [5.41, 5.74) is 4.23. The molecule has 2 aliphatic rings. The van der Waals surface area contributed by atoms with Crippen LogP contribution in [0.25, 0.3) is 12.2 Å². The number of fused-ring (bicyclic) bond motifs is 2. The van der Waals surface area contributed by atoms with Crippen LogP contribution >= 0.6 is 0 Å². The maximum absolute atomic E-state index is 13.5. The Morgan fingerprint density at radius 3 is 1.53 bits per heavy atom. The van der Waals surface area contributed by atoms with E-state index in [4.69, 9.17) is 6.64 Å². The molecule has 0 fully saturated rings. The van der Waals surface area contributed by atoms with Crippen LogP contribution in [0.1, 0.15) is 70.2 Å². The average Bonchev–Trinajstić information content (AvgIpc) is 3.40. The molecule has 180 valence electrons. The van der Waals surface area contributed by atoms with Crippen molar-refractivity contribution < 1.29 is 28.5 Å². The number of carbonyl (C=O) groups is 2. The fourth-order valence-corrected chi connectivity index (χ4v) is 23.2. The van der Waals surface area contributed by atoms with Gasteiger partial charge in [0.2, 0.25) is 0 Å². The van der Waals surface area contributed by atoms with Crippen molar-refractivity contribution in [2.24, 2.45) is 0 Å². The van der Waals surface area contributed by atoms with Crippen molar-refractivity contribution >= 4 is 31.7 Å². The van der Waals surface area contributed by atoms with Crippen molar-refractivity contribution in [1.29, 1.82) is 0 Å². The van der Waals surface area contributed by atoms with Crippen molar-refractivity contribution in [2.75, 3.05) is 0 Å². The molecule has 2 atom stereocenters. The predicted molar refractivity (Wildman–Crippen MR) is 139 cm³/mol. The molecule has 2 unspecified atom stereocenters. The first-order valence-corrected chi connectivity index (χ1v) is 22.6. The molecule has 0 heterocycles. The molecular weight excluding hydrogens is 476 g/mol. The average molecular weight is 513 g/mol. The first-order valence-electron chi connectivity index (χ1n) is 12.4. The fraction of sp³-hybridized carbons (Fsp3) is 0.357. The van der Waals surface area contributed by atoms with Crippen molar-refractivity contribution in [3.8, 4) is 0 Å². The third-order valence-electron chi connectivity index (χ3n) is 8.16. The molecule has 2 aromatic rings. The zero-order chi connectivity index (χ0) is 24.7. The molecule has 0 spiro atoms. The first-order chi connectivity index (χ1) is 15.9. The standard InChI is InChI=1S/2C9H7.2C4H8O2.2CH3.H2Si.Ti/c2*1-2-5-9-7-3-6-8(9)4-1;2*1-2-3-4(5)6;;;;/h2*1-7H;2*2-3H2,1H3,(H,5,6);2*1H3;1H2;/q;;;;;;;+2/p-2. The number of allylic oxidation sites excluding steroid dienone is 2. The minimum atomic E-state index is -6.25. The summed E-state index contributed by atoms with van der Waals surface area (Å²) in [6, 6.07) is 16.3. The summed E-state index contributed by atoms with van der Waals surface area (Å²) >= 11 is -6.25. The van der Waals surface area contributed by atoms with Crippen molar-refractivity contribution in [3.63, 3.8) is 0 Å². The topological polar surface area (TPSA) is 52.6 Å². The van der Waals surface area contributed by atoms with E-state index < -0.39 is 12.3 Å². The van der Waals surface area contributed by atoms with Crippen LogP contribution in [0.5, 0.6) is 0 Å². The summed E-state index contributed by atoms with van der Waals surface area (Å²) in [5, 5.41) is 4.07. The van der Waals surface area contributed by atoms with Gasteiger partial charge in [0, 0.05) is 0 Å². The minimum absolute atomic E-state index is 0.272. The van der Waals surface area contributed by atoms with Crippen LogP contribution in [0.2, 0.25) is 10.5 Å². The number of rotatable bonds is 8. The molecule has 0 amide bonds. The molecule has 0 N–H and O–H groups in total. The molecule has 0 aliphatic heterocycles. The summed E-state index contributed by atoms with van der Waals surface area (Å²) in [4.78, 5) is 27.1. The first kappa shape index (κ1) is 24.9. The Kier molecular flexibility index (Phi) is 5.42. The summed E-state index contributed by atoms with van der Waals surface area (Å²) < 4.78 is 13.2. The van der Waals surface area contributed by atoms with E-state index in [9.17, 15) is 9.59 Å². The molecule has 4 rings (SSSR count). The second-order valence-corrected chi connectivity index (χ2v) is 40.5. The van der Waals surface area contributed by atoms with Gasteiger partial charge in [-0.25, -0.2) is 0 Å². The Morgan fingerprint density at radius 2 is 1.15 bits per heavy atom. The Bertz CT molecular complexity index is 1270. The van der Waals surface area contributed by atoms with Crippen LogP contribution in [0.3, 0.4) is 0 Å². The molecule has 0 radical (unpaired) electrons. The molecule has 2 aromatic carbocycles. The van der Waals surface area contributed by atoms with E-state index in [1.165, 1.54) is 0 Å². The van der Waals surface area contributed by atoms with Gasteiger partial charge in [-0.05, 0) is 0 Å². The third-order valence-corrected chi connectivity index (χ3v) is 25.9. The summed E-state index contributed by atoms with van der Waals surface area (Å²) in [7, 11) is 1.69. The van der Waals surface area contributed by atoms with Crippen molar-refractivity contribution in [3.05, 3.63) is 82.9 Å². The van der Waals surface area contributed by atoms with Gasteiger partial charge < -0.3 is 0 Å². The number of benzene rings is 2. The molecular formula is C28H36O4SiTi. The van der Waals surface area contributed by atoms with Gasteiger partial charge >= 0.3 is 202 Å². The SMILES string of the molecule is CCCC(=O)[O][Ti]([CH3])([CH3])(=[SiH2])([O]C(=O)CCC)([CH]1C=Cc2ccccc21)[CH]1C=Cc2ccccc21. The van der Waals surface area contributed by atoms with Gasteiger partial charge in [-0.3, -0.25) is 0 Å². The maximum atomic E-state index is 13.5. The van der Waals surface area contributed by atoms with E-state index in [2.05, 4.69) is 48.6 Å². The van der Waals surface area contributed by atoms with Gasteiger partial charge in [-0.1, -0.05) is 0 Å². The monoisotopic (exact) mass is 512 g/mol.